The molecule has 2 nitrogen and oxygen atoms in total. The van der Waals surface area contributed by atoms with Crippen molar-refractivity contribution in [3.8, 4) is 0 Å². The molecule has 108 valence electrons. The zero-order valence-corrected chi connectivity index (χ0v) is 14.1. The Labute approximate surface area is 140 Å². The first-order valence-corrected chi connectivity index (χ1v) is 7.86. The van der Waals surface area contributed by atoms with Gasteiger partial charge < -0.3 is 9.73 Å². The van der Waals surface area contributed by atoms with Crippen LogP contribution in [0.4, 0.5) is 4.39 Å². The highest BCUT2D eigenvalue weighted by Crippen LogP contribution is 2.32. The highest BCUT2D eigenvalue weighted by atomic mass is 127. The van der Waals surface area contributed by atoms with Crippen LogP contribution in [0.25, 0.3) is 11.0 Å². The van der Waals surface area contributed by atoms with Gasteiger partial charge in [-0.25, -0.2) is 4.39 Å². The van der Waals surface area contributed by atoms with Gasteiger partial charge in [0.15, 0.2) is 11.4 Å². The van der Waals surface area contributed by atoms with Crippen molar-refractivity contribution < 1.29 is 8.81 Å². The molecule has 1 unspecified atom stereocenters. The molecule has 3 rings (SSSR count). The van der Waals surface area contributed by atoms with E-state index in [4.69, 9.17) is 16.0 Å². The number of halogens is 3. The summed E-state index contributed by atoms with van der Waals surface area (Å²) < 4.78 is 20.6. The van der Waals surface area contributed by atoms with Crippen LogP contribution in [0.15, 0.2) is 46.9 Å². The maximum atomic E-state index is 13.8. The summed E-state index contributed by atoms with van der Waals surface area (Å²) in [6.07, 6.45) is 0. The fourth-order valence-corrected chi connectivity index (χ4v) is 3.20. The predicted octanol–water partition coefficient (Wildman–Crippen LogP) is 5.14. The van der Waals surface area contributed by atoms with E-state index in [1.165, 1.54) is 6.07 Å². The summed E-state index contributed by atoms with van der Waals surface area (Å²) in [5, 5.41) is 4.62. The highest BCUT2D eigenvalue weighted by molar-refractivity contribution is 14.1. The molecule has 5 heteroatoms. The molecule has 21 heavy (non-hydrogen) atoms. The summed E-state index contributed by atoms with van der Waals surface area (Å²) in [7, 11) is 1.84. The number of hydrogen-bond acceptors (Lipinski definition) is 2. The van der Waals surface area contributed by atoms with E-state index in [0.717, 1.165) is 14.5 Å². The smallest absolute Gasteiger partial charge is 0.169 e. The molecule has 0 saturated carbocycles. The number of rotatable bonds is 3. The fraction of sp³-hybridized carbons (Fsp3) is 0.125. The van der Waals surface area contributed by atoms with E-state index in [1.54, 1.807) is 6.07 Å². The van der Waals surface area contributed by atoms with Crippen LogP contribution in [0.3, 0.4) is 0 Å². The highest BCUT2D eigenvalue weighted by Gasteiger charge is 2.20. The molecular formula is C16H12ClFINO. The normalized spacial score (nSPS) is 12.8. The third-order valence-electron chi connectivity index (χ3n) is 3.36. The molecule has 0 aliphatic carbocycles. The molecule has 1 N–H and O–H groups in total. The van der Waals surface area contributed by atoms with Crippen LogP contribution in [0.1, 0.15) is 17.4 Å². The average Bonchev–Trinajstić information content (AvgIpc) is 2.89. The molecule has 0 aliphatic heterocycles. The van der Waals surface area contributed by atoms with Crippen LogP contribution in [0.2, 0.25) is 5.02 Å². The number of furan rings is 1. The van der Waals surface area contributed by atoms with Crippen LogP contribution in [-0.2, 0) is 0 Å². The van der Waals surface area contributed by atoms with Gasteiger partial charge in [-0.1, -0.05) is 23.7 Å². The zero-order valence-electron chi connectivity index (χ0n) is 11.2. The minimum atomic E-state index is -0.352. The monoisotopic (exact) mass is 415 g/mol. The van der Waals surface area contributed by atoms with Crippen molar-refractivity contribution >= 4 is 45.2 Å². The first kappa shape index (κ1) is 14.8. The lowest BCUT2D eigenvalue weighted by Crippen LogP contribution is -2.18. The van der Waals surface area contributed by atoms with Crippen molar-refractivity contribution in [2.45, 2.75) is 6.04 Å². The van der Waals surface area contributed by atoms with Crippen LogP contribution in [0.5, 0.6) is 0 Å². The molecule has 0 fully saturated rings. The Balaban J connectivity index is 2.13. The second-order valence-corrected chi connectivity index (χ2v) is 6.29. The van der Waals surface area contributed by atoms with Crippen molar-refractivity contribution in [1.29, 1.82) is 0 Å². The number of fused-ring (bicyclic) bond motifs is 1. The summed E-state index contributed by atoms with van der Waals surface area (Å²) in [4.78, 5) is 0. The average molecular weight is 416 g/mol. The van der Waals surface area contributed by atoms with E-state index >= 15 is 0 Å². The number of benzene rings is 2. The standard InChI is InChI=1S/C16H12ClFINO/c1-20-15(11-8-10(17)5-6-13(11)19)14-7-9-3-2-4-12(18)16(9)21-14/h2-8,15,20H,1H3. The van der Waals surface area contributed by atoms with Crippen LogP contribution in [0, 0.1) is 9.39 Å². The second kappa shape index (κ2) is 5.94. The molecule has 0 aliphatic rings. The Morgan fingerprint density at radius 2 is 2.05 bits per heavy atom. The predicted molar refractivity (Wildman–Crippen MR) is 91.2 cm³/mol. The van der Waals surface area contributed by atoms with Gasteiger partial charge in [0.25, 0.3) is 0 Å². The number of para-hydroxylation sites is 1. The fourth-order valence-electron chi connectivity index (χ4n) is 2.38. The van der Waals surface area contributed by atoms with Gasteiger partial charge in [0, 0.05) is 14.0 Å². The summed E-state index contributed by atoms with van der Waals surface area (Å²) in [6, 6.07) is 12.3. The Morgan fingerprint density at radius 1 is 1.24 bits per heavy atom. The van der Waals surface area contributed by atoms with Crippen molar-refractivity contribution in [1.82, 2.24) is 5.32 Å². The van der Waals surface area contributed by atoms with Crippen molar-refractivity contribution in [2.24, 2.45) is 0 Å². The van der Waals surface area contributed by atoms with Gasteiger partial charge in [-0.15, -0.1) is 0 Å². The third kappa shape index (κ3) is 2.80. The van der Waals surface area contributed by atoms with Crippen molar-refractivity contribution in [3.63, 3.8) is 0 Å². The summed E-state index contributed by atoms with van der Waals surface area (Å²) >= 11 is 8.34. The van der Waals surface area contributed by atoms with Gasteiger partial charge in [-0.05, 0) is 65.5 Å². The molecular weight excluding hydrogens is 404 g/mol. The van der Waals surface area contributed by atoms with Crippen LogP contribution < -0.4 is 5.32 Å². The van der Waals surface area contributed by atoms with Gasteiger partial charge in [0.05, 0.1) is 6.04 Å². The van der Waals surface area contributed by atoms with E-state index in [-0.39, 0.29) is 17.4 Å². The molecule has 2 aromatic carbocycles. The zero-order chi connectivity index (χ0) is 15.0. The second-order valence-electron chi connectivity index (χ2n) is 4.69. The number of nitrogens with one attached hydrogen (secondary N) is 1. The Morgan fingerprint density at radius 3 is 2.76 bits per heavy atom. The minimum Gasteiger partial charge on any atom is -0.456 e. The molecule has 0 saturated heterocycles. The topological polar surface area (TPSA) is 25.2 Å². The molecule has 0 spiro atoms. The van der Waals surface area contributed by atoms with E-state index in [9.17, 15) is 4.39 Å². The molecule has 0 bridgehead atoms. The molecule has 3 aromatic rings. The summed E-state index contributed by atoms with van der Waals surface area (Å²) in [5.41, 5.74) is 1.29. The Hall–Kier alpha value is -1.11. The van der Waals surface area contributed by atoms with Gasteiger partial charge in [-0.2, -0.15) is 0 Å². The van der Waals surface area contributed by atoms with Crippen molar-refractivity contribution in [2.75, 3.05) is 7.05 Å². The van der Waals surface area contributed by atoms with E-state index in [2.05, 4.69) is 27.9 Å². The Bertz CT molecular complexity index is 802. The quantitative estimate of drug-likeness (QED) is 0.599. The molecule has 1 heterocycles. The summed E-state index contributed by atoms with van der Waals surface area (Å²) in [6.45, 7) is 0. The number of hydrogen-bond donors (Lipinski definition) is 1. The maximum absolute atomic E-state index is 13.8. The van der Waals surface area contributed by atoms with Crippen LogP contribution in [-0.4, -0.2) is 7.05 Å². The molecule has 1 atom stereocenters. The first-order valence-electron chi connectivity index (χ1n) is 6.40. The van der Waals surface area contributed by atoms with Gasteiger partial charge >= 0.3 is 0 Å². The maximum Gasteiger partial charge on any atom is 0.169 e. The lowest BCUT2D eigenvalue weighted by atomic mass is 10.0. The Kier molecular flexibility index (Phi) is 4.19. The lowest BCUT2D eigenvalue weighted by Gasteiger charge is -2.16. The van der Waals surface area contributed by atoms with E-state index in [1.807, 2.05) is 37.4 Å². The van der Waals surface area contributed by atoms with Gasteiger partial charge in [0.1, 0.15) is 5.76 Å². The van der Waals surface area contributed by atoms with E-state index < -0.39 is 0 Å². The van der Waals surface area contributed by atoms with Gasteiger partial charge in [-0.3, -0.25) is 0 Å². The molecule has 0 amide bonds. The SMILES string of the molecule is CNC(c1cc2cccc(F)c2o1)c1cc(Cl)ccc1I. The third-order valence-corrected chi connectivity index (χ3v) is 4.57. The van der Waals surface area contributed by atoms with Crippen LogP contribution >= 0.6 is 34.2 Å². The summed E-state index contributed by atoms with van der Waals surface area (Å²) in [5.74, 6) is 0.312. The van der Waals surface area contributed by atoms with Gasteiger partial charge in [0.2, 0.25) is 0 Å². The molecule has 1 aromatic heterocycles. The van der Waals surface area contributed by atoms with Crippen molar-refractivity contribution in [3.05, 3.63) is 68.2 Å². The first-order chi connectivity index (χ1) is 10.1. The van der Waals surface area contributed by atoms with E-state index in [0.29, 0.717) is 10.8 Å². The minimum absolute atomic E-state index is 0.178. The largest absolute Gasteiger partial charge is 0.456 e. The molecule has 0 radical (unpaired) electrons. The lowest BCUT2D eigenvalue weighted by molar-refractivity contribution is 0.476.